The number of aliphatic hydroxyl groups is 1. The number of hydrogen-bond acceptors (Lipinski definition) is 2. The van der Waals surface area contributed by atoms with E-state index in [2.05, 4.69) is 28.7 Å². The maximum absolute atomic E-state index is 9.45. The van der Waals surface area contributed by atoms with Gasteiger partial charge >= 0.3 is 0 Å². The molecule has 0 aliphatic heterocycles. The van der Waals surface area contributed by atoms with Gasteiger partial charge in [0.2, 0.25) is 0 Å². The molecule has 1 N–H and O–H groups in total. The summed E-state index contributed by atoms with van der Waals surface area (Å²) in [6.07, 6.45) is 1.97. The number of aliphatic hydroxyl groups excluding tert-OH is 1. The molecular weight excluding hydrogens is 284 g/mol. The van der Waals surface area contributed by atoms with E-state index in [-0.39, 0.29) is 6.61 Å². The fraction of sp³-hybridized carbons (Fsp3) is 0.0500. The molecule has 0 saturated heterocycles. The van der Waals surface area contributed by atoms with E-state index in [9.17, 15) is 5.11 Å². The summed E-state index contributed by atoms with van der Waals surface area (Å²) in [6.45, 7) is 0.0244. The predicted octanol–water partition coefficient (Wildman–Crippen LogP) is 4.16. The smallest absolute Gasteiger partial charge is 0.145 e. The predicted molar refractivity (Wildman–Crippen MR) is 92.0 cm³/mol. The minimum atomic E-state index is 0.0244. The quantitative estimate of drug-likeness (QED) is 0.617. The number of benzene rings is 2. The van der Waals surface area contributed by atoms with E-state index in [0.717, 1.165) is 33.7 Å². The van der Waals surface area contributed by atoms with Crippen LogP contribution in [0.2, 0.25) is 0 Å². The van der Waals surface area contributed by atoms with Crippen LogP contribution in [0.4, 0.5) is 0 Å². The van der Waals surface area contributed by atoms with Crippen LogP contribution in [0.3, 0.4) is 0 Å². The Hall–Kier alpha value is -2.91. The van der Waals surface area contributed by atoms with Crippen molar-refractivity contribution in [3.63, 3.8) is 0 Å². The molecule has 2 heterocycles. The van der Waals surface area contributed by atoms with E-state index in [0.29, 0.717) is 0 Å². The summed E-state index contributed by atoms with van der Waals surface area (Å²) < 4.78 is 2.08. The Morgan fingerprint density at radius 3 is 2.13 bits per heavy atom. The van der Waals surface area contributed by atoms with Crippen LogP contribution in [0.15, 0.2) is 79.0 Å². The average molecular weight is 300 g/mol. The van der Waals surface area contributed by atoms with Crippen molar-refractivity contribution in [2.45, 2.75) is 6.61 Å². The Labute approximate surface area is 134 Å². The highest BCUT2D eigenvalue weighted by Gasteiger charge is 2.14. The molecule has 0 bridgehead atoms. The second kappa shape index (κ2) is 5.71. The van der Waals surface area contributed by atoms with Crippen molar-refractivity contribution < 1.29 is 5.11 Å². The van der Waals surface area contributed by atoms with E-state index >= 15 is 0 Å². The molecule has 0 unspecified atom stereocenters. The first kappa shape index (κ1) is 13.7. The molecule has 2 aromatic heterocycles. The van der Waals surface area contributed by atoms with Crippen LogP contribution in [0.25, 0.3) is 28.2 Å². The number of nitrogens with zero attached hydrogens (tertiary/aromatic N) is 2. The lowest BCUT2D eigenvalue weighted by Gasteiger charge is -2.03. The highest BCUT2D eigenvalue weighted by Crippen LogP contribution is 2.30. The SMILES string of the molecule is OCc1ccn2c(-c3ccccc3)nc(-c3ccccc3)c2c1. The first-order chi connectivity index (χ1) is 11.4. The maximum atomic E-state index is 9.45. The van der Waals surface area contributed by atoms with Crippen molar-refractivity contribution in [1.29, 1.82) is 0 Å². The van der Waals surface area contributed by atoms with E-state index in [1.54, 1.807) is 0 Å². The van der Waals surface area contributed by atoms with Crippen LogP contribution in [-0.4, -0.2) is 14.5 Å². The summed E-state index contributed by atoms with van der Waals surface area (Å²) in [4.78, 5) is 4.89. The summed E-state index contributed by atoms with van der Waals surface area (Å²) >= 11 is 0. The van der Waals surface area contributed by atoms with Gasteiger partial charge in [-0.15, -0.1) is 0 Å². The Kier molecular flexibility index (Phi) is 3.41. The maximum Gasteiger partial charge on any atom is 0.145 e. The number of pyridine rings is 1. The van der Waals surface area contributed by atoms with Gasteiger partial charge in [-0.2, -0.15) is 0 Å². The molecule has 0 atom stereocenters. The lowest BCUT2D eigenvalue weighted by atomic mass is 10.1. The molecule has 0 saturated carbocycles. The van der Waals surface area contributed by atoms with Crippen LogP contribution in [0.1, 0.15) is 5.56 Å². The number of rotatable bonds is 3. The molecule has 0 aliphatic carbocycles. The van der Waals surface area contributed by atoms with Crippen molar-refractivity contribution in [3.8, 4) is 22.6 Å². The Morgan fingerprint density at radius 2 is 1.48 bits per heavy atom. The van der Waals surface area contributed by atoms with Crippen LogP contribution < -0.4 is 0 Å². The second-order valence-electron chi connectivity index (χ2n) is 5.46. The molecule has 2 aromatic carbocycles. The summed E-state index contributed by atoms with van der Waals surface area (Å²) in [5, 5.41) is 9.45. The summed E-state index contributed by atoms with van der Waals surface area (Å²) in [7, 11) is 0. The lowest BCUT2D eigenvalue weighted by molar-refractivity contribution is 0.282. The van der Waals surface area contributed by atoms with Gasteiger partial charge in [0.1, 0.15) is 5.82 Å². The normalized spacial score (nSPS) is 11.0. The standard InChI is InChI=1S/C20H16N2O/c23-14-15-11-12-22-18(13-15)19(16-7-3-1-4-8-16)21-20(22)17-9-5-2-6-10-17/h1-13,23H,14H2. The molecule has 23 heavy (non-hydrogen) atoms. The summed E-state index contributed by atoms with van der Waals surface area (Å²) in [5.41, 5.74) is 4.96. The molecule has 0 radical (unpaired) electrons. The number of aromatic nitrogens is 2. The van der Waals surface area contributed by atoms with Crippen molar-refractivity contribution in [2.24, 2.45) is 0 Å². The van der Waals surface area contributed by atoms with Crippen molar-refractivity contribution in [3.05, 3.63) is 84.6 Å². The third-order valence-electron chi connectivity index (χ3n) is 3.97. The van der Waals surface area contributed by atoms with Crippen LogP contribution in [-0.2, 0) is 6.61 Å². The molecular formula is C20H16N2O. The van der Waals surface area contributed by atoms with Crippen LogP contribution in [0.5, 0.6) is 0 Å². The van der Waals surface area contributed by atoms with Crippen molar-refractivity contribution >= 4 is 5.52 Å². The molecule has 4 rings (SSSR count). The zero-order chi connectivity index (χ0) is 15.6. The van der Waals surface area contributed by atoms with E-state index in [4.69, 9.17) is 4.98 Å². The molecule has 4 aromatic rings. The van der Waals surface area contributed by atoms with E-state index < -0.39 is 0 Å². The zero-order valence-electron chi connectivity index (χ0n) is 12.6. The van der Waals surface area contributed by atoms with Crippen molar-refractivity contribution in [1.82, 2.24) is 9.38 Å². The Bertz CT molecular complexity index is 943. The third kappa shape index (κ3) is 2.41. The minimum absolute atomic E-state index is 0.0244. The number of imidazole rings is 1. The van der Waals surface area contributed by atoms with Gasteiger partial charge in [-0.1, -0.05) is 60.7 Å². The molecule has 112 valence electrons. The molecule has 3 nitrogen and oxygen atoms in total. The second-order valence-corrected chi connectivity index (χ2v) is 5.46. The molecule has 0 aliphatic rings. The van der Waals surface area contributed by atoms with Gasteiger partial charge in [0.05, 0.1) is 17.8 Å². The largest absolute Gasteiger partial charge is 0.392 e. The monoisotopic (exact) mass is 300 g/mol. The van der Waals surface area contributed by atoms with Gasteiger partial charge in [0, 0.05) is 17.3 Å². The summed E-state index contributed by atoms with van der Waals surface area (Å²) in [6, 6.07) is 24.2. The van der Waals surface area contributed by atoms with Gasteiger partial charge in [-0.25, -0.2) is 4.98 Å². The number of fused-ring (bicyclic) bond motifs is 1. The fourth-order valence-electron chi connectivity index (χ4n) is 2.83. The molecule has 0 fully saturated rings. The highest BCUT2D eigenvalue weighted by molar-refractivity contribution is 5.81. The van der Waals surface area contributed by atoms with Gasteiger partial charge in [0.15, 0.2) is 0 Å². The zero-order valence-corrected chi connectivity index (χ0v) is 12.6. The Balaban J connectivity index is 2.02. The Morgan fingerprint density at radius 1 is 0.826 bits per heavy atom. The van der Waals surface area contributed by atoms with E-state index in [1.807, 2.05) is 54.7 Å². The first-order valence-corrected chi connectivity index (χ1v) is 7.59. The molecule has 0 spiro atoms. The van der Waals surface area contributed by atoms with Crippen molar-refractivity contribution in [2.75, 3.05) is 0 Å². The average Bonchev–Trinajstić information content (AvgIpc) is 3.02. The van der Waals surface area contributed by atoms with Gasteiger partial charge in [-0.05, 0) is 17.7 Å². The minimum Gasteiger partial charge on any atom is -0.392 e. The highest BCUT2D eigenvalue weighted by atomic mass is 16.3. The van der Waals surface area contributed by atoms with E-state index in [1.165, 1.54) is 0 Å². The summed E-state index contributed by atoms with van der Waals surface area (Å²) in [5.74, 6) is 0.906. The topological polar surface area (TPSA) is 37.5 Å². The van der Waals surface area contributed by atoms with Crippen LogP contribution in [0, 0.1) is 0 Å². The number of hydrogen-bond donors (Lipinski definition) is 1. The van der Waals surface area contributed by atoms with Gasteiger partial charge in [0.25, 0.3) is 0 Å². The van der Waals surface area contributed by atoms with Gasteiger partial charge < -0.3 is 5.11 Å². The van der Waals surface area contributed by atoms with Crippen LogP contribution >= 0.6 is 0 Å². The first-order valence-electron chi connectivity index (χ1n) is 7.59. The molecule has 0 amide bonds. The fourth-order valence-corrected chi connectivity index (χ4v) is 2.83. The lowest BCUT2D eigenvalue weighted by Crippen LogP contribution is -1.91. The van der Waals surface area contributed by atoms with Gasteiger partial charge in [-0.3, -0.25) is 4.40 Å². The third-order valence-corrected chi connectivity index (χ3v) is 3.97. The molecule has 3 heteroatoms.